The third-order valence-electron chi connectivity index (χ3n) is 0.675. The molecule has 9 heavy (non-hydrogen) atoms. The summed E-state index contributed by atoms with van der Waals surface area (Å²) >= 11 is 6.35. The van der Waals surface area contributed by atoms with E-state index in [2.05, 4.69) is 31.9 Å². The van der Waals surface area contributed by atoms with Crippen LogP contribution in [0.4, 0.5) is 0 Å². The molecule has 0 saturated carbocycles. The summed E-state index contributed by atoms with van der Waals surface area (Å²) in [5.41, 5.74) is 0. The van der Waals surface area contributed by atoms with Gasteiger partial charge in [-0.2, -0.15) is 10.5 Å². The molecule has 0 atom stereocenters. The fraction of sp³-hybridized carbons (Fsp3) is 0.600. The van der Waals surface area contributed by atoms with Gasteiger partial charge in [-0.05, 0) is 0 Å². The van der Waals surface area contributed by atoms with Crippen molar-refractivity contribution in [1.29, 1.82) is 10.5 Å². The summed E-state index contributed by atoms with van der Waals surface area (Å²) in [5.74, 6) is 0. The van der Waals surface area contributed by atoms with Gasteiger partial charge in [0.25, 0.3) is 0 Å². The number of nitriles is 2. The maximum absolute atomic E-state index is 8.21. The summed E-state index contributed by atoms with van der Waals surface area (Å²) in [7, 11) is 0. The number of alkyl halides is 2. The Labute approximate surface area is 70.7 Å². The molecule has 2 nitrogen and oxygen atoms in total. The molecule has 0 fully saturated rings. The molecular weight excluding hydrogens is 248 g/mol. The molecule has 0 aromatic rings. The van der Waals surface area contributed by atoms with Gasteiger partial charge in [0.15, 0.2) is 0 Å². The molecule has 0 spiro atoms. The fourth-order valence-corrected chi connectivity index (χ4v) is 0.795. The fourth-order valence-electron chi connectivity index (χ4n) is 0.294. The Morgan fingerprint density at radius 3 is 1.67 bits per heavy atom. The Kier molecular flexibility index (Phi) is 3.84. The van der Waals surface area contributed by atoms with Crippen molar-refractivity contribution in [2.45, 2.75) is 16.1 Å². The Hall–Kier alpha value is -0.0600. The van der Waals surface area contributed by atoms with E-state index in [1.165, 1.54) is 0 Å². The molecule has 0 rings (SSSR count). The number of nitrogens with zero attached hydrogens (tertiary/aromatic N) is 2. The van der Waals surface area contributed by atoms with Crippen molar-refractivity contribution < 1.29 is 0 Å². The average Bonchev–Trinajstić information content (AvgIpc) is 1.64. The van der Waals surface area contributed by atoms with Gasteiger partial charge in [0.2, 0.25) is 0 Å². The van der Waals surface area contributed by atoms with Crippen LogP contribution in [0.15, 0.2) is 0 Å². The number of hydrogen-bond donors (Lipinski definition) is 0. The van der Waals surface area contributed by atoms with Gasteiger partial charge in [0.05, 0.1) is 25.0 Å². The molecule has 0 amide bonds. The van der Waals surface area contributed by atoms with Crippen molar-refractivity contribution >= 4 is 31.9 Å². The highest BCUT2D eigenvalue weighted by Gasteiger charge is 2.21. The summed E-state index contributed by atoms with van der Waals surface area (Å²) in [6, 6.07) is 3.90. The van der Waals surface area contributed by atoms with Crippen LogP contribution in [0.2, 0.25) is 0 Å². The Morgan fingerprint density at radius 2 is 1.44 bits per heavy atom. The first kappa shape index (κ1) is 8.94. The average molecular weight is 252 g/mol. The van der Waals surface area contributed by atoms with Crippen LogP contribution >= 0.6 is 31.9 Å². The largest absolute Gasteiger partial charge is 0.198 e. The van der Waals surface area contributed by atoms with E-state index in [4.69, 9.17) is 10.5 Å². The van der Waals surface area contributed by atoms with Gasteiger partial charge in [-0.1, -0.05) is 31.9 Å². The molecule has 0 unspecified atom stereocenters. The van der Waals surface area contributed by atoms with E-state index in [-0.39, 0.29) is 0 Å². The van der Waals surface area contributed by atoms with Gasteiger partial charge in [-0.25, -0.2) is 0 Å². The summed E-state index contributed by atoms with van der Waals surface area (Å²) in [6.07, 6.45) is 0.584. The summed E-state index contributed by atoms with van der Waals surface area (Å²) in [5, 5.41) is 16.4. The maximum atomic E-state index is 8.21. The number of halogens is 2. The van der Waals surface area contributed by atoms with Gasteiger partial charge in [0, 0.05) is 0 Å². The van der Waals surface area contributed by atoms with Gasteiger partial charge in [-0.15, -0.1) is 0 Å². The molecule has 48 valence electrons. The highest BCUT2D eigenvalue weighted by atomic mass is 79.9. The molecule has 0 radical (unpaired) electrons. The van der Waals surface area contributed by atoms with E-state index in [1.807, 2.05) is 12.1 Å². The summed E-state index contributed by atoms with van der Waals surface area (Å²) < 4.78 is -0.497. The first-order valence-corrected chi connectivity index (χ1v) is 3.83. The van der Waals surface area contributed by atoms with Gasteiger partial charge in [0.1, 0.15) is 3.23 Å². The lowest BCUT2D eigenvalue weighted by atomic mass is 10.3. The van der Waals surface area contributed by atoms with Crippen LogP contribution < -0.4 is 0 Å². The molecule has 0 aliphatic carbocycles. The van der Waals surface area contributed by atoms with Crippen LogP contribution in [-0.2, 0) is 0 Å². The normalized spacial score (nSPS) is 9.78. The quantitative estimate of drug-likeness (QED) is 0.708. The van der Waals surface area contributed by atoms with E-state index >= 15 is 0 Å². The molecule has 0 aromatic carbocycles. The zero-order chi connectivity index (χ0) is 7.33. The van der Waals surface area contributed by atoms with Crippen molar-refractivity contribution in [1.82, 2.24) is 0 Å². The van der Waals surface area contributed by atoms with Crippen molar-refractivity contribution in [2.75, 3.05) is 0 Å². The second-order valence-electron chi connectivity index (χ2n) is 1.53. The van der Waals surface area contributed by atoms with Crippen molar-refractivity contribution in [3.05, 3.63) is 0 Å². The summed E-state index contributed by atoms with van der Waals surface area (Å²) in [6.45, 7) is 0. The van der Waals surface area contributed by atoms with Gasteiger partial charge in [-0.3, -0.25) is 0 Å². The lowest BCUT2D eigenvalue weighted by Gasteiger charge is -2.09. The molecule has 0 bridgehead atoms. The Morgan fingerprint density at radius 1 is 1.11 bits per heavy atom. The number of rotatable bonds is 2. The third-order valence-corrected chi connectivity index (χ3v) is 1.80. The van der Waals surface area contributed by atoms with Crippen LogP contribution in [0.1, 0.15) is 12.8 Å². The van der Waals surface area contributed by atoms with E-state index in [9.17, 15) is 0 Å². The highest BCUT2D eigenvalue weighted by molar-refractivity contribution is 9.25. The lowest BCUT2D eigenvalue weighted by Crippen LogP contribution is -2.07. The minimum absolute atomic E-state index is 0.292. The zero-order valence-corrected chi connectivity index (χ0v) is 7.74. The van der Waals surface area contributed by atoms with Crippen LogP contribution in [0.25, 0.3) is 0 Å². The number of hydrogen-bond acceptors (Lipinski definition) is 2. The molecule has 0 heterocycles. The van der Waals surface area contributed by atoms with E-state index < -0.39 is 3.23 Å². The van der Waals surface area contributed by atoms with E-state index in [0.717, 1.165) is 0 Å². The van der Waals surface area contributed by atoms with Crippen LogP contribution in [-0.4, -0.2) is 3.23 Å². The molecular formula is C5H4Br2N2. The molecule has 0 N–H and O–H groups in total. The monoisotopic (exact) mass is 250 g/mol. The van der Waals surface area contributed by atoms with Crippen LogP contribution in [0.5, 0.6) is 0 Å². The van der Waals surface area contributed by atoms with E-state index in [0.29, 0.717) is 12.8 Å². The minimum Gasteiger partial charge on any atom is -0.198 e. The SMILES string of the molecule is N#CCC(Br)(Br)CC#N. The molecule has 0 saturated heterocycles. The molecule has 0 aliphatic heterocycles. The predicted molar refractivity (Wildman–Crippen MR) is 41.0 cm³/mol. The first-order valence-electron chi connectivity index (χ1n) is 2.24. The Balaban J connectivity index is 3.77. The molecule has 0 aromatic heterocycles. The van der Waals surface area contributed by atoms with Gasteiger partial charge >= 0.3 is 0 Å². The molecule has 4 heteroatoms. The standard InChI is InChI=1S/C5H4Br2N2/c6-5(7,1-3-8)2-4-9/h1-2H2. The lowest BCUT2D eigenvalue weighted by molar-refractivity contribution is 0.877. The summed E-state index contributed by atoms with van der Waals surface area (Å²) in [4.78, 5) is 0. The van der Waals surface area contributed by atoms with Gasteiger partial charge < -0.3 is 0 Å². The van der Waals surface area contributed by atoms with Crippen LogP contribution in [0, 0.1) is 22.7 Å². The third kappa shape index (κ3) is 4.44. The predicted octanol–water partition coefficient (Wildman–Crippen LogP) is 2.30. The Bertz CT molecular complexity index is 145. The zero-order valence-electron chi connectivity index (χ0n) is 4.56. The molecule has 0 aliphatic rings. The minimum atomic E-state index is -0.497. The van der Waals surface area contributed by atoms with Crippen LogP contribution in [0.3, 0.4) is 0 Å². The maximum Gasteiger partial charge on any atom is 0.106 e. The second-order valence-corrected chi connectivity index (χ2v) is 5.63. The van der Waals surface area contributed by atoms with E-state index in [1.54, 1.807) is 0 Å². The van der Waals surface area contributed by atoms with Crippen molar-refractivity contribution in [3.63, 3.8) is 0 Å². The highest BCUT2D eigenvalue weighted by Crippen LogP contribution is 2.32. The van der Waals surface area contributed by atoms with Crippen molar-refractivity contribution in [3.8, 4) is 12.1 Å². The van der Waals surface area contributed by atoms with Crippen molar-refractivity contribution in [2.24, 2.45) is 0 Å². The first-order chi connectivity index (χ1) is 4.12. The second kappa shape index (κ2) is 3.87. The smallest absolute Gasteiger partial charge is 0.106 e. The topological polar surface area (TPSA) is 47.6 Å².